The molecule has 0 spiro atoms. The Bertz CT molecular complexity index is 753. The van der Waals surface area contributed by atoms with Crippen LogP contribution in [0, 0.1) is 0 Å². The average Bonchev–Trinajstić information content (AvgIpc) is 3.24. The molecular formula is C22H27N3O2. The van der Waals surface area contributed by atoms with Gasteiger partial charge in [0.15, 0.2) is 0 Å². The van der Waals surface area contributed by atoms with Crippen LogP contribution < -0.4 is 5.32 Å². The third-order valence-corrected chi connectivity index (χ3v) is 4.90. The molecule has 0 bridgehead atoms. The van der Waals surface area contributed by atoms with Gasteiger partial charge in [0.1, 0.15) is 0 Å². The van der Waals surface area contributed by atoms with Gasteiger partial charge in [0.05, 0.1) is 0 Å². The molecule has 2 aromatic carbocycles. The molecule has 0 radical (unpaired) electrons. The molecule has 1 N–H and O–H groups in total. The van der Waals surface area contributed by atoms with Crippen LogP contribution in [-0.2, 0) is 11.3 Å². The van der Waals surface area contributed by atoms with E-state index < -0.39 is 0 Å². The van der Waals surface area contributed by atoms with Gasteiger partial charge in [-0.2, -0.15) is 0 Å². The third kappa shape index (κ3) is 5.33. The fourth-order valence-corrected chi connectivity index (χ4v) is 3.31. The Labute approximate surface area is 161 Å². The number of nitrogens with zero attached hydrogens (tertiary/aromatic N) is 2. The average molecular weight is 365 g/mol. The van der Waals surface area contributed by atoms with E-state index >= 15 is 0 Å². The lowest BCUT2D eigenvalue weighted by atomic mass is 10.0. The molecule has 1 saturated heterocycles. The molecule has 0 unspecified atom stereocenters. The molecule has 2 aromatic rings. The summed E-state index contributed by atoms with van der Waals surface area (Å²) in [5.41, 5.74) is 3.41. The molecule has 3 rings (SSSR count). The summed E-state index contributed by atoms with van der Waals surface area (Å²) in [6, 6.07) is 18.3. The smallest absolute Gasteiger partial charge is 0.317 e. The second kappa shape index (κ2) is 9.21. The van der Waals surface area contributed by atoms with E-state index in [0.29, 0.717) is 19.5 Å². The quantitative estimate of drug-likeness (QED) is 0.852. The highest BCUT2D eigenvalue weighted by Crippen LogP contribution is 2.19. The van der Waals surface area contributed by atoms with E-state index in [9.17, 15) is 9.59 Å². The lowest BCUT2D eigenvalue weighted by Gasteiger charge is -2.19. The zero-order valence-corrected chi connectivity index (χ0v) is 15.9. The molecule has 0 aliphatic carbocycles. The summed E-state index contributed by atoms with van der Waals surface area (Å²) in [7, 11) is 1.77. The van der Waals surface area contributed by atoms with Crippen LogP contribution in [0.15, 0.2) is 54.6 Å². The summed E-state index contributed by atoms with van der Waals surface area (Å²) < 4.78 is 0. The van der Waals surface area contributed by atoms with Crippen LogP contribution in [0.2, 0.25) is 0 Å². The highest BCUT2D eigenvalue weighted by Gasteiger charge is 2.17. The van der Waals surface area contributed by atoms with Crippen LogP contribution in [0.3, 0.4) is 0 Å². The van der Waals surface area contributed by atoms with Crippen LogP contribution in [0.4, 0.5) is 4.79 Å². The second-order valence-corrected chi connectivity index (χ2v) is 6.99. The van der Waals surface area contributed by atoms with E-state index in [4.69, 9.17) is 0 Å². The minimum atomic E-state index is -0.156. The maximum atomic E-state index is 12.2. The van der Waals surface area contributed by atoms with Gasteiger partial charge in [0, 0.05) is 39.6 Å². The van der Waals surface area contributed by atoms with Crippen LogP contribution in [0.25, 0.3) is 11.1 Å². The first kappa shape index (κ1) is 19.0. The van der Waals surface area contributed by atoms with Crippen LogP contribution >= 0.6 is 0 Å². The van der Waals surface area contributed by atoms with Crippen molar-refractivity contribution in [3.05, 3.63) is 60.2 Å². The lowest BCUT2D eigenvalue weighted by Crippen LogP contribution is -2.39. The molecule has 27 heavy (non-hydrogen) atoms. The van der Waals surface area contributed by atoms with Crippen molar-refractivity contribution in [1.82, 2.24) is 15.1 Å². The summed E-state index contributed by atoms with van der Waals surface area (Å²) in [4.78, 5) is 27.7. The van der Waals surface area contributed by atoms with Crippen LogP contribution in [0.5, 0.6) is 0 Å². The summed E-state index contributed by atoms with van der Waals surface area (Å²) in [5.74, 6) is 0.131. The van der Waals surface area contributed by atoms with E-state index in [2.05, 4.69) is 29.6 Å². The second-order valence-electron chi connectivity index (χ2n) is 6.99. The van der Waals surface area contributed by atoms with Gasteiger partial charge in [-0.25, -0.2) is 4.79 Å². The van der Waals surface area contributed by atoms with E-state index in [1.807, 2.05) is 35.2 Å². The highest BCUT2D eigenvalue weighted by molar-refractivity contribution is 5.78. The Hall–Kier alpha value is -2.82. The number of carbonyl (C=O) groups is 2. The summed E-state index contributed by atoms with van der Waals surface area (Å²) in [6.45, 7) is 2.61. The van der Waals surface area contributed by atoms with E-state index in [-0.39, 0.29) is 11.9 Å². The zero-order valence-electron chi connectivity index (χ0n) is 15.9. The van der Waals surface area contributed by atoms with Crippen molar-refractivity contribution >= 4 is 11.9 Å². The first-order valence-electron chi connectivity index (χ1n) is 9.54. The van der Waals surface area contributed by atoms with E-state index in [1.165, 1.54) is 5.56 Å². The molecule has 5 heteroatoms. The highest BCUT2D eigenvalue weighted by atomic mass is 16.2. The largest absolute Gasteiger partial charge is 0.343 e. The van der Waals surface area contributed by atoms with Crippen molar-refractivity contribution < 1.29 is 9.59 Å². The van der Waals surface area contributed by atoms with Gasteiger partial charge in [-0.1, -0.05) is 54.6 Å². The Balaban J connectivity index is 1.44. The Morgan fingerprint density at radius 2 is 1.59 bits per heavy atom. The summed E-state index contributed by atoms with van der Waals surface area (Å²) in [5, 5.41) is 2.83. The van der Waals surface area contributed by atoms with Gasteiger partial charge in [0.2, 0.25) is 5.91 Å². The molecule has 1 aliphatic heterocycles. The van der Waals surface area contributed by atoms with E-state index in [0.717, 1.165) is 37.1 Å². The number of benzene rings is 2. The molecule has 0 atom stereocenters. The van der Waals surface area contributed by atoms with E-state index in [1.54, 1.807) is 11.9 Å². The first-order valence-corrected chi connectivity index (χ1v) is 9.54. The SMILES string of the molecule is CN(Cc1ccc(-c2ccccc2)cc1)C(=O)NCCC(=O)N1CCCC1. The van der Waals surface area contributed by atoms with Gasteiger partial charge in [-0.05, 0) is 29.5 Å². The Morgan fingerprint density at radius 1 is 0.963 bits per heavy atom. The Kier molecular flexibility index (Phi) is 6.47. The normalized spacial score (nSPS) is 13.4. The zero-order chi connectivity index (χ0) is 19.1. The van der Waals surface area contributed by atoms with Crippen molar-refractivity contribution in [3.63, 3.8) is 0 Å². The molecule has 1 fully saturated rings. The van der Waals surface area contributed by atoms with Crippen molar-refractivity contribution in [1.29, 1.82) is 0 Å². The summed E-state index contributed by atoms with van der Waals surface area (Å²) in [6.07, 6.45) is 2.54. The molecular weight excluding hydrogens is 338 g/mol. The number of nitrogens with one attached hydrogen (secondary N) is 1. The van der Waals surface area contributed by atoms with Crippen molar-refractivity contribution in [2.45, 2.75) is 25.8 Å². The van der Waals surface area contributed by atoms with Crippen molar-refractivity contribution in [2.24, 2.45) is 0 Å². The lowest BCUT2D eigenvalue weighted by molar-refractivity contribution is -0.129. The van der Waals surface area contributed by atoms with Gasteiger partial charge >= 0.3 is 6.03 Å². The predicted octanol–water partition coefficient (Wildman–Crippen LogP) is 3.51. The molecule has 5 nitrogen and oxygen atoms in total. The minimum absolute atomic E-state index is 0.131. The minimum Gasteiger partial charge on any atom is -0.343 e. The molecule has 142 valence electrons. The van der Waals surface area contributed by atoms with Crippen LogP contribution in [0.1, 0.15) is 24.8 Å². The van der Waals surface area contributed by atoms with Gasteiger partial charge in [0.25, 0.3) is 0 Å². The molecule has 0 aromatic heterocycles. The van der Waals surface area contributed by atoms with Gasteiger partial charge < -0.3 is 15.1 Å². The van der Waals surface area contributed by atoms with Crippen LogP contribution in [-0.4, -0.2) is 48.4 Å². The molecule has 1 heterocycles. The summed E-state index contributed by atoms with van der Waals surface area (Å²) >= 11 is 0. The number of amides is 3. The monoisotopic (exact) mass is 365 g/mol. The standard InChI is InChI=1S/C22H27N3O2/c1-24(22(27)23-14-13-21(26)25-15-5-6-16-25)17-18-9-11-20(12-10-18)19-7-3-2-4-8-19/h2-4,7-12H,5-6,13-17H2,1H3,(H,23,27). The Morgan fingerprint density at radius 3 is 2.26 bits per heavy atom. The first-order chi connectivity index (χ1) is 13.1. The number of urea groups is 1. The fraction of sp³-hybridized carbons (Fsp3) is 0.364. The number of likely N-dealkylation sites (tertiary alicyclic amines) is 1. The van der Waals surface area contributed by atoms with Crippen molar-refractivity contribution in [2.75, 3.05) is 26.7 Å². The fourth-order valence-electron chi connectivity index (χ4n) is 3.31. The predicted molar refractivity (Wildman–Crippen MR) is 107 cm³/mol. The topological polar surface area (TPSA) is 52.7 Å². The number of hydrogen-bond donors (Lipinski definition) is 1. The molecule has 0 saturated carbocycles. The number of carbonyl (C=O) groups excluding carboxylic acids is 2. The molecule has 1 aliphatic rings. The molecule has 3 amide bonds. The maximum Gasteiger partial charge on any atom is 0.317 e. The van der Waals surface area contributed by atoms with Gasteiger partial charge in [-0.15, -0.1) is 0 Å². The van der Waals surface area contributed by atoms with Crippen molar-refractivity contribution in [3.8, 4) is 11.1 Å². The maximum absolute atomic E-state index is 12.2. The number of rotatable bonds is 6. The third-order valence-electron chi connectivity index (χ3n) is 4.90. The van der Waals surface area contributed by atoms with Gasteiger partial charge in [-0.3, -0.25) is 4.79 Å². The number of hydrogen-bond acceptors (Lipinski definition) is 2.